The molecule has 0 saturated carbocycles. The van der Waals surface area contributed by atoms with Crippen molar-refractivity contribution in [1.29, 1.82) is 0 Å². The number of alkyl halides is 1. The number of hydrogen-bond acceptors (Lipinski definition) is 6. The van der Waals surface area contributed by atoms with Gasteiger partial charge in [-0.2, -0.15) is 13.8 Å². The SMILES string of the molecule is CCC(=O)OC1[C@H](CO[Si](C)(C)C(C)(C)C)O[C@@H]2[N+]3=CCC(=O)N(C3=O)C12F. The van der Waals surface area contributed by atoms with E-state index >= 15 is 4.39 Å². The summed E-state index contributed by atoms with van der Waals surface area (Å²) in [6, 6.07) is -0.801. The zero-order valence-electron chi connectivity index (χ0n) is 17.2. The molecule has 8 nitrogen and oxygen atoms in total. The smallest absolute Gasteiger partial charge is 0.451 e. The van der Waals surface area contributed by atoms with Crippen LogP contribution < -0.4 is 0 Å². The molecule has 0 radical (unpaired) electrons. The zero-order valence-corrected chi connectivity index (χ0v) is 18.2. The number of urea groups is 1. The number of fused-ring (bicyclic) bond motifs is 5. The maximum Gasteiger partial charge on any atom is 0.505 e. The summed E-state index contributed by atoms with van der Waals surface area (Å²) >= 11 is 0. The molecule has 2 unspecified atom stereocenters. The molecule has 0 aromatic heterocycles. The number of amides is 3. The van der Waals surface area contributed by atoms with E-state index in [0.717, 1.165) is 4.58 Å². The normalized spacial score (nSPS) is 32.5. The second-order valence-electron chi connectivity index (χ2n) is 8.90. The number of hydrogen-bond donors (Lipinski definition) is 0. The average molecular weight is 416 g/mol. The third-order valence-electron chi connectivity index (χ3n) is 6.07. The van der Waals surface area contributed by atoms with Gasteiger partial charge < -0.3 is 13.9 Å². The summed E-state index contributed by atoms with van der Waals surface area (Å²) in [5, 5.41) is -0.0757. The number of esters is 1. The Kier molecular flexibility index (Phi) is 5.04. The van der Waals surface area contributed by atoms with Gasteiger partial charge in [0.05, 0.1) is 12.8 Å². The van der Waals surface area contributed by atoms with Crippen LogP contribution in [0.2, 0.25) is 18.1 Å². The molecule has 2 saturated heterocycles. The molecule has 0 N–H and O–H groups in total. The lowest BCUT2D eigenvalue weighted by Crippen LogP contribution is -2.58. The third kappa shape index (κ3) is 3.01. The maximum absolute atomic E-state index is 16.2. The van der Waals surface area contributed by atoms with Gasteiger partial charge in [-0.3, -0.25) is 4.79 Å². The first-order valence-corrected chi connectivity index (χ1v) is 12.4. The van der Waals surface area contributed by atoms with E-state index in [1.165, 1.54) is 6.21 Å². The third-order valence-corrected chi connectivity index (χ3v) is 10.6. The monoisotopic (exact) mass is 415 g/mol. The molecule has 3 heterocycles. The topological polar surface area (TPSA) is 85.2 Å². The Balaban J connectivity index is 1.92. The van der Waals surface area contributed by atoms with Gasteiger partial charge in [-0.25, -0.2) is 4.79 Å². The first-order chi connectivity index (χ1) is 12.8. The number of carbonyl (C=O) groups excluding carboxylic acids is 3. The van der Waals surface area contributed by atoms with E-state index in [2.05, 4.69) is 20.8 Å². The van der Waals surface area contributed by atoms with E-state index in [1.54, 1.807) is 6.92 Å². The van der Waals surface area contributed by atoms with Crippen molar-refractivity contribution in [2.75, 3.05) is 6.61 Å². The summed E-state index contributed by atoms with van der Waals surface area (Å²) in [4.78, 5) is 37.2. The lowest BCUT2D eigenvalue weighted by Gasteiger charge is -2.37. The van der Waals surface area contributed by atoms with Crippen LogP contribution >= 0.6 is 0 Å². The van der Waals surface area contributed by atoms with Crippen LogP contribution in [0, 0.1) is 0 Å². The molecule has 10 heteroatoms. The van der Waals surface area contributed by atoms with E-state index < -0.39 is 50.5 Å². The van der Waals surface area contributed by atoms with E-state index in [4.69, 9.17) is 13.9 Å². The molecule has 4 atom stereocenters. The highest BCUT2D eigenvalue weighted by atomic mass is 28.4. The lowest BCUT2D eigenvalue weighted by molar-refractivity contribution is -0.520. The van der Waals surface area contributed by atoms with Gasteiger partial charge in [0.1, 0.15) is 12.5 Å². The fraction of sp³-hybridized carbons (Fsp3) is 0.778. The van der Waals surface area contributed by atoms with Crippen LogP contribution in [0.15, 0.2) is 0 Å². The van der Waals surface area contributed by atoms with Crippen LogP contribution in [0.4, 0.5) is 9.18 Å². The average Bonchev–Trinajstić information content (AvgIpc) is 2.92. The Bertz CT molecular complexity index is 749. The fourth-order valence-corrected chi connectivity index (χ4v) is 4.36. The van der Waals surface area contributed by atoms with Gasteiger partial charge in [0, 0.05) is 6.42 Å². The quantitative estimate of drug-likeness (QED) is 0.296. The molecule has 0 aromatic carbocycles. The molecule has 28 heavy (non-hydrogen) atoms. The van der Waals surface area contributed by atoms with Crippen molar-refractivity contribution >= 4 is 32.4 Å². The van der Waals surface area contributed by atoms with Crippen LogP contribution in [0.5, 0.6) is 0 Å². The van der Waals surface area contributed by atoms with Gasteiger partial charge >= 0.3 is 23.7 Å². The zero-order chi connectivity index (χ0) is 21.1. The highest BCUT2D eigenvalue weighted by Crippen LogP contribution is 2.47. The Morgan fingerprint density at radius 1 is 1.43 bits per heavy atom. The number of halogens is 1. The number of imide groups is 1. The Hall–Kier alpha value is -1.65. The van der Waals surface area contributed by atoms with E-state index in [0.29, 0.717) is 4.90 Å². The van der Waals surface area contributed by atoms with Gasteiger partial charge in [-0.1, -0.05) is 27.7 Å². The van der Waals surface area contributed by atoms with Gasteiger partial charge in [0.15, 0.2) is 8.32 Å². The lowest BCUT2D eigenvalue weighted by atomic mass is 10.0. The van der Waals surface area contributed by atoms with Crippen molar-refractivity contribution in [3.05, 3.63) is 0 Å². The van der Waals surface area contributed by atoms with Crippen LogP contribution in [-0.2, 0) is 23.5 Å². The number of carbonyl (C=O) groups is 3. The van der Waals surface area contributed by atoms with Crippen LogP contribution in [0.25, 0.3) is 0 Å². The predicted molar refractivity (Wildman–Crippen MR) is 99.0 cm³/mol. The van der Waals surface area contributed by atoms with Crippen molar-refractivity contribution in [3.8, 4) is 0 Å². The Morgan fingerprint density at radius 3 is 2.64 bits per heavy atom. The van der Waals surface area contributed by atoms with Gasteiger partial charge in [-0.05, 0) is 18.1 Å². The molecule has 0 aliphatic carbocycles. The van der Waals surface area contributed by atoms with Crippen molar-refractivity contribution < 1.29 is 37.2 Å². The molecule has 2 bridgehead atoms. The molecule has 3 amide bonds. The van der Waals surface area contributed by atoms with Crippen molar-refractivity contribution in [1.82, 2.24) is 4.90 Å². The predicted octanol–water partition coefficient (Wildman–Crippen LogP) is 2.17. The van der Waals surface area contributed by atoms with Crippen molar-refractivity contribution in [2.45, 2.75) is 82.9 Å². The van der Waals surface area contributed by atoms with Crippen LogP contribution in [-0.4, -0.2) is 72.8 Å². The minimum absolute atomic E-state index is 0.00435. The summed E-state index contributed by atoms with van der Waals surface area (Å²) in [7, 11) is -2.18. The van der Waals surface area contributed by atoms with Crippen molar-refractivity contribution in [3.63, 3.8) is 0 Å². The van der Waals surface area contributed by atoms with E-state index in [-0.39, 0.29) is 24.5 Å². The summed E-state index contributed by atoms with van der Waals surface area (Å²) in [6.45, 7) is 11.9. The standard InChI is InChI=1S/C18H28FN2O6Si/c1-7-13(23)27-14-11(10-25-28(5,6)17(2,3)4)26-15-18(14,19)21-12(22)8-9-20(15)16(21)24/h9,11,14-15H,7-8,10H2,1-6H3/q+1/t11-,14?,15-,18?/m0/s1. The van der Waals surface area contributed by atoms with Crippen molar-refractivity contribution in [2.24, 2.45) is 0 Å². The van der Waals surface area contributed by atoms with Gasteiger partial charge in [-0.15, -0.1) is 4.90 Å². The minimum Gasteiger partial charge on any atom is -0.451 e. The molecule has 3 rings (SSSR count). The molecular formula is C18H28FN2O6Si+. The first kappa shape index (κ1) is 21.1. The van der Waals surface area contributed by atoms with Crippen LogP contribution in [0.1, 0.15) is 40.5 Å². The highest BCUT2D eigenvalue weighted by Gasteiger charge is 2.80. The molecule has 156 valence electrons. The summed E-state index contributed by atoms with van der Waals surface area (Å²) in [6.07, 6.45) is -2.49. The summed E-state index contributed by atoms with van der Waals surface area (Å²) < 4.78 is 34.6. The summed E-state index contributed by atoms with van der Waals surface area (Å²) in [5.74, 6) is -3.89. The fourth-order valence-electron chi connectivity index (χ4n) is 3.35. The first-order valence-electron chi connectivity index (χ1n) is 9.51. The molecule has 3 aliphatic heterocycles. The second kappa shape index (κ2) is 6.70. The number of nitrogens with zero attached hydrogens (tertiary/aromatic N) is 2. The second-order valence-corrected chi connectivity index (χ2v) is 13.7. The van der Waals surface area contributed by atoms with Gasteiger partial charge in [0.2, 0.25) is 6.10 Å². The molecule has 2 fully saturated rings. The number of rotatable bonds is 5. The largest absolute Gasteiger partial charge is 0.505 e. The molecule has 0 spiro atoms. The minimum atomic E-state index is -2.58. The molecular weight excluding hydrogens is 387 g/mol. The molecule has 3 aliphatic rings. The molecule has 0 aromatic rings. The highest BCUT2D eigenvalue weighted by molar-refractivity contribution is 6.74. The van der Waals surface area contributed by atoms with Crippen LogP contribution in [0.3, 0.4) is 0 Å². The summed E-state index contributed by atoms with van der Waals surface area (Å²) in [5.41, 5.74) is 0. The van der Waals surface area contributed by atoms with Gasteiger partial charge in [0.25, 0.3) is 6.23 Å². The van der Waals surface area contributed by atoms with E-state index in [9.17, 15) is 14.4 Å². The number of ether oxygens (including phenoxy) is 2. The Morgan fingerprint density at radius 2 is 2.07 bits per heavy atom. The Labute approximate surface area is 164 Å². The maximum atomic E-state index is 16.2. The van der Waals surface area contributed by atoms with E-state index in [1.807, 2.05) is 13.1 Å².